The van der Waals surface area contributed by atoms with Crippen molar-refractivity contribution >= 4 is 21.9 Å². The molecule has 2 aliphatic rings. The summed E-state index contributed by atoms with van der Waals surface area (Å²) in [6.45, 7) is 0. The number of hydrogen-bond acceptors (Lipinski definition) is 3. The van der Waals surface area contributed by atoms with Gasteiger partial charge in [-0.15, -0.1) is 12.8 Å². The predicted molar refractivity (Wildman–Crippen MR) is 72.9 cm³/mol. The topological polar surface area (TPSA) is 43.4 Å². The Labute approximate surface area is 112 Å². The van der Waals surface area contributed by atoms with Gasteiger partial charge in [-0.3, -0.25) is 8.39 Å². The minimum atomic E-state index is -1.47. The summed E-state index contributed by atoms with van der Waals surface area (Å²) in [5.74, 6) is 5.46. The average Bonchev–Trinajstić information content (AvgIpc) is 2.90. The Balaban J connectivity index is 1.99. The maximum Gasteiger partial charge on any atom is 0.186 e. The third kappa shape index (κ3) is 2.64. The average molecular weight is 280 g/mol. The van der Waals surface area contributed by atoms with Gasteiger partial charge in [0, 0.05) is 27.0 Å². The minimum absolute atomic E-state index is 0.127. The maximum absolute atomic E-state index is 11.8. The predicted octanol–water partition coefficient (Wildman–Crippen LogP) is 1.04. The van der Waals surface area contributed by atoms with Crippen molar-refractivity contribution in [2.24, 2.45) is 0 Å². The zero-order valence-electron chi connectivity index (χ0n) is 9.63. The summed E-state index contributed by atoms with van der Waals surface area (Å²) in [4.78, 5) is 0.665. The highest BCUT2D eigenvalue weighted by Crippen LogP contribution is 2.27. The molecule has 0 saturated carbocycles. The second kappa shape index (κ2) is 5.67. The molecule has 0 fully saturated rings. The normalized spacial score (nSPS) is 34.6. The van der Waals surface area contributed by atoms with Crippen LogP contribution in [0.15, 0.2) is 22.6 Å². The molecule has 0 N–H and O–H groups in total. The second-order valence-electron chi connectivity index (χ2n) is 3.93. The highest BCUT2D eigenvalue weighted by molar-refractivity contribution is 7.86. The lowest BCUT2D eigenvalue weighted by molar-refractivity contribution is 0.350. The highest BCUT2D eigenvalue weighted by atomic mass is 32.2. The summed E-state index contributed by atoms with van der Waals surface area (Å²) >= 11 is -1.47. The van der Waals surface area contributed by atoms with Gasteiger partial charge in [0.25, 0.3) is 0 Å². The van der Waals surface area contributed by atoms with Crippen LogP contribution in [0.5, 0.6) is 0 Å². The van der Waals surface area contributed by atoms with Gasteiger partial charge < -0.3 is 0 Å². The molecule has 4 atom stereocenters. The van der Waals surface area contributed by atoms with Gasteiger partial charge in [-0.2, -0.15) is 0 Å². The van der Waals surface area contributed by atoms with E-state index in [1.54, 1.807) is 6.08 Å². The van der Waals surface area contributed by atoms with Crippen LogP contribution in [0.2, 0.25) is 0 Å². The first kappa shape index (κ1) is 13.3. The summed E-state index contributed by atoms with van der Waals surface area (Å²) < 4.78 is 28.4. The Kier molecular flexibility index (Phi) is 4.19. The molecular weight excluding hydrogens is 268 g/mol. The van der Waals surface area contributed by atoms with Crippen LogP contribution in [0, 0.1) is 24.7 Å². The molecule has 18 heavy (non-hydrogen) atoms. The Morgan fingerprint density at radius 3 is 2.83 bits per heavy atom. The van der Waals surface area contributed by atoms with Crippen LogP contribution in [0.25, 0.3) is 0 Å². The zero-order valence-corrected chi connectivity index (χ0v) is 11.3. The van der Waals surface area contributed by atoms with Crippen molar-refractivity contribution in [3.8, 4) is 24.7 Å². The van der Waals surface area contributed by atoms with Crippen molar-refractivity contribution in [1.82, 2.24) is 0 Å². The molecule has 0 bridgehead atoms. The number of terminal acetylenes is 2. The smallest absolute Gasteiger partial charge is 0.186 e. The zero-order chi connectivity index (χ0) is 13.1. The van der Waals surface area contributed by atoms with Gasteiger partial charge in [-0.25, -0.2) is 4.21 Å². The Bertz CT molecular complexity index is 546. The first-order valence-electron chi connectivity index (χ1n) is 5.45. The van der Waals surface area contributed by atoms with E-state index in [1.807, 2.05) is 6.08 Å². The third-order valence-corrected chi connectivity index (χ3v) is 5.63. The van der Waals surface area contributed by atoms with E-state index in [1.165, 1.54) is 0 Å². The molecule has 2 rings (SSSR count). The van der Waals surface area contributed by atoms with E-state index in [0.29, 0.717) is 23.5 Å². The largest absolute Gasteiger partial charge is 0.266 e. The van der Waals surface area contributed by atoms with E-state index in [-0.39, 0.29) is 5.25 Å². The molecule has 4 unspecified atom stereocenters. The quantitative estimate of drug-likeness (QED) is 0.725. The van der Waals surface area contributed by atoms with Crippen molar-refractivity contribution in [3.05, 3.63) is 22.6 Å². The molecule has 0 aromatic rings. The molecule has 0 aliphatic carbocycles. The molecule has 0 radical (unpaired) electrons. The Hall–Kier alpha value is -1.14. The maximum atomic E-state index is 11.8. The lowest BCUT2D eigenvalue weighted by atomic mass is 10.1. The third-order valence-electron chi connectivity index (χ3n) is 2.86. The van der Waals surface area contributed by atoms with Crippen molar-refractivity contribution in [2.45, 2.75) is 24.2 Å². The van der Waals surface area contributed by atoms with E-state index in [2.05, 4.69) is 11.8 Å². The fourth-order valence-corrected chi connectivity index (χ4v) is 4.27. The fourth-order valence-electron chi connectivity index (χ4n) is 1.92. The lowest BCUT2D eigenvalue weighted by Gasteiger charge is -2.09. The molecule has 2 aliphatic heterocycles. The molecular formula is C13H12O3S2. The van der Waals surface area contributed by atoms with Crippen LogP contribution >= 0.6 is 0 Å². The first-order valence-corrected chi connectivity index (χ1v) is 7.91. The molecule has 0 amide bonds. The van der Waals surface area contributed by atoms with Crippen LogP contribution in [0.1, 0.15) is 12.8 Å². The number of rotatable bonds is 3. The monoisotopic (exact) mass is 280 g/mol. The van der Waals surface area contributed by atoms with Gasteiger partial charge in [-0.1, -0.05) is 17.9 Å². The number of allylic oxidation sites excluding steroid dienone is 1. The molecule has 0 aromatic heterocycles. The van der Waals surface area contributed by atoms with Crippen LogP contribution in [0.3, 0.4) is 0 Å². The summed E-state index contributed by atoms with van der Waals surface area (Å²) in [7, 11) is -0.955. The molecule has 2 heterocycles. The van der Waals surface area contributed by atoms with Crippen LogP contribution in [0.4, 0.5) is 0 Å². The van der Waals surface area contributed by atoms with Gasteiger partial charge >= 0.3 is 0 Å². The molecule has 3 nitrogen and oxygen atoms in total. The van der Waals surface area contributed by atoms with E-state index >= 15 is 0 Å². The Morgan fingerprint density at radius 1 is 1.44 bits per heavy atom. The summed E-state index contributed by atoms with van der Waals surface area (Å²) in [5, 5.41) is -0.127. The van der Waals surface area contributed by atoms with Crippen molar-refractivity contribution < 1.29 is 12.6 Å². The van der Waals surface area contributed by atoms with Crippen LogP contribution in [-0.2, 0) is 26.1 Å². The summed E-state index contributed by atoms with van der Waals surface area (Å²) in [5.41, 5.74) is 0.784. The number of hydrogen-bond donors (Lipinski definition) is 0. The van der Waals surface area contributed by atoms with Crippen molar-refractivity contribution in [1.29, 1.82) is 0 Å². The first-order chi connectivity index (χ1) is 8.65. The molecule has 0 aromatic carbocycles. The highest BCUT2D eigenvalue weighted by Gasteiger charge is 2.28. The van der Waals surface area contributed by atoms with Gasteiger partial charge in [0.1, 0.15) is 0 Å². The second-order valence-corrected chi connectivity index (χ2v) is 6.78. The van der Waals surface area contributed by atoms with Crippen LogP contribution < -0.4 is 0 Å². The van der Waals surface area contributed by atoms with Gasteiger partial charge in [-0.05, 0) is 18.9 Å². The standard InChI is InChI=1S/C13H12O3S2/c1-3-10-7-8-17(14)13(10)6-5-12-9-11(4-2)16-18(12)15/h1-2,7,9,11,13H,5-6,8H2. The SMILES string of the molecule is C#CC1=CCS(=O)C1CCC1=CC(C#C)OS1=O. The molecule has 5 heteroatoms. The molecule has 0 spiro atoms. The van der Waals surface area contributed by atoms with Crippen molar-refractivity contribution in [2.75, 3.05) is 5.75 Å². The van der Waals surface area contributed by atoms with E-state index in [0.717, 1.165) is 5.57 Å². The van der Waals surface area contributed by atoms with Crippen LogP contribution in [-0.4, -0.2) is 25.5 Å². The van der Waals surface area contributed by atoms with E-state index in [9.17, 15) is 8.42 Å². The fraction of sp³-hybridized carbons (Fsp3) is 0.385. The molecule has 0 saturated heterocycles. The van der Waals surface area contributed by atoms with Gasteiger partial charge in [0.15, 0.2) is 17.2 Å². The van der Waals surface area contributed by atoms with E-state index < -0.39 is 28.0 Å². The lowest BCUT2D eigenvalue weighted by Crippen LogP contribution is -2.13. The summed E-state index contributed by atoms with van der Waals surface area (Å²) in [6, 6.07) is 0. The minimum Gasteiger partial charge on any atom is -0.266 e. The molecule has 94 valence electrons. The van der Waals surface area contributed by atoms with E-state index in [4.69, 9.17) is 17.0 Å². The van der Waals surface area contributed by atoms with Gasteiger partial charge in [0.05, 0.1) is 5.25 Å². The Morgan fingerprint density at radius 2 is 2.22 bits per heavy atom. The van der Waals surface area contributed by atoms with Gasteiger partial charge in [0.2, 0.25) is 0 Å². The summed E-state index contributed by atoms with van der Waals surface area (Å²) in [6.07, 6.45) is 14.7. The van der Waals surface area contributed by atoms with Crippen molar-refractivity contribution in [3.63, 3.8) is 0 Å².